The number of rotatable bonds is 4. The average molecular weight is 381 g/mol. The molecule has 27 heavy (non-hydrogen) atoms. The molecule has 2 aromatic heterocycles. The molecule has 3 heterocycles. The zero-order valence-corrected chi connectivity index (χ0v) is 15.5. The van der Waals surface area contributed by atoms with Gasteiger partial charge in [0, 0.05) is 42.8 Å². The molecule has 0 saturated carbocycles. The number of aromatic nitrogens is 2. The summed E-state index contributed by atoms with van der Waals surface area (Å²) in [4.78, 5) is 11.4. The number of pyridine rings is 1. The summed E-state index contributed by atoms with van der Waals surface area (Å²) < 4.78 is 14.3. The third-order valence-electron chi connectivity index (χ3n) is 4.80. The van der Waals surface area contributed by atoms with Gasteiger partial charge in [0.2, 0.25) is 0 Å². The largest absolute Gasteiger partial charge is 0.404 e. The Kier molecular flexibility index (Phi) is 4.85. The normalized spacial score (nSPS) is 16.0. The van der Waals surface area contributed by atoms with E-state index in [0.29, 0.717) is 31.5 Å². The van der Waals surface area contributed by atoms with Crippen LogP contribution in [0.2, 0.25) is 0 Å². The Morgan fingerprint density at radius 3 is 2.74 bits per heavy atom. The van der Waals surface area contributed by atoms with Crippen LogP contribution in [-0.2, 0) is 0 Å². The molecule has 3 aromatic rings. The number of halogens is 1. The van der Waals surface area contributed by atoms with E-state index < -0.39 is 6.17 Å². The second-order valence-corrected chi connectivity index (χ2v) is 7.57. The lowest BCUT2D eigenvalue weighted by Crippen LogP contribution is -2.34. The molecule has 1 fully saturated rings. The van der Waals surface area contributed by atoms with Crippen LogP contribution in [0.15, 0.2) is 42.7 Å². The summed E-state index contributed by atoms with van der Waals surface area (Å²) in [5.74, 6) is 0.887. The average Bonchev–Trinajstić information content (AvgIpc) is 3.13. The van der Waals surface area contributed by atoms with Crippen molar-refractivity contribution in [1.29, 1.82) is 5.41 Å². The second-order valence-electron chi connectivity index (χ2n) is 6.53. The van der Waals surface area contributed by atoms with Crippen LogP contribution in [0.25, 0.3) is 26.4 Å². The molecule has 1 aliphatic rings. The molecule has 1 aliphatic heterocycles. The van der Waals surface area contributed by atoms with Crippen LogP contribution >= 0.6 is 11.3 Å². The van der Waals surface area contributed by atoms with Crippen LogP contribution in [0.3, 0.4) is 0 Å². The fourth-order valence-electron chi connectivity index (χ4n) is 3.23. The van der Waals surface area contributed by atoms with Gasteiger partial charge in [0.15, 0.2) is 0 Å². The third-order valence-corrected chi connectivity index (χ3v) is 5.87. The third kappa shape index (κ3) is 3.55. The minimum Gasteiger partial charge on any atom is -0.404 e. The van der Waals surface area contributed by atoms with E-state index in [-0.39, 0.29) is 0 Å². The van der Waals surface area contributed by atoms with Crippen molar-refractivity contribution >= 4 is 39.2 Å². The molecule has 138 valence electrons. The molecule has 0 amide bonds. The lowest BCUT2D eigenvalue weighted by atomic mass is 10.1. The number of hydrogen-bond donors (Lipinski definition) is 2. The fourth-order valence-corrected chi connectivity index (χ4v) is 4.23. The van der Waals surface area contributed by atoms with Gasteiger partial charge < -0.3 is 16.0 Å². The van der Waals surface area contributed by atoms with Gasteiger partial charge in [0.25, 0.3) is 0 Å². The van der Waals surface area contributed by atoms with E-state index >= 15 is 0 Å². The van der Waals surface area contributed by atoms with Gasteiger partial charge in [0.1, 0.15) is 17.0 Å². The lowest BCUT2D eigenvalue weighted by molar-refractivity contribution is 0.277. The van der Waals surface area contributed by atoms with Crippen LogP contribution in [0.1, 0.15) is 18.4 Å². The molecule has 0 radical (unpaired) electrons. The number of anilines is 1. The maximum absolute atomic E-state index is 13.3. The van der Waals surface area contributed by atoms with Crippen molar-refractivity contribution in [3.05, 3.63) is 48.3 Å². The van der Waals surface area contributed by atoms with Crippen LogP contribution in [0.5, 0.6) is 0 Å². The quantitative estimate of drug-likeness (QED) is 0.663. The highest BCUT2D eigenvalue weighted by Crippen LogP contribution is 2.32. The molecule has 5 nitrogen and oxygen atoms in total. The SMILES string of the molecule is N=CC(=CN)c1ccc2nc(-c3ccc(N4CCC(F)CC4)nc3)sc2c1. The number of fused-ring (bicyclic) bond motifs is 1. The van der Waals surface area contributed by atoms with Crippen LogP contribution < -0.4 is 10.6 Å². The fraction of sp³-hybridized carbons (Fsp3) is 0.250. The monoisotopic (exact) mass is 381 g/mol. The van der Waals surface area contributed by atoms with Gasteiger partial charge in [-0.05, 0) is 42.7 Å². The Hall–Kier alpha value is -2.80. The summed E-state index contributed by atoms with van der Waals surface area (Å²) in [7, 11) is 0. The summed E-state index contributed by atoms with van der Waals surface area (Å²) in [5.41, 5.74) is 9.03. The first-order valence-electron chi connectivity index (χ1n) is 8.86. The first kappa shape index (κ1) is 17.6. The molecule has 3 N–H and O–H groups in total. The van der Waals surface area contributed by atoms with Crippen molar-refractivity contribution in [2.45, 2.75) is 19.0 Å². The van der Waals surface area contributed by atoms with E-state index in [9.17, 15) is 4.39 Å². The summed E-state index contributed by atoms with van der Waals surface area (Å²) in [6.45, 7) is 1.42. The molecule has 4 rings (SSSR count). The number of nitrogens with one attached hydrogen (secondary N) is 1. The Labute approximate surface area is 160 Å². The van der Waals surface area contributed by atoms with Crippen LogP contribution in [-0.4, -0.2) is 35.4 Å². The summed E-state index contributed by atoms with van der Waals surface area (Å²) >= 11 is 1.59. The number of allylic oxidation sites excluding steroid dienone is 1. The van der Waals surface area contributed by atoms with Gasteiger partial charge in [-0.2, -0.15) is 0 Å². The number of benzene rings is 1. The summed E-state index contributed by atoms with van der Waals surface area (Å²) in [6.07, 6.45) is 4.97. The Bertz CT molecular complexity index is 987. The highest BCUT2D eigenvalue weighted by Gasteiger charge is 2.19. The van der Waals surface area contributed by atoms with Crippen molar-refractivity contribution in [1.82, 2.24) is 9.97 Å². The molecular weight excluding hydrogens is 361 g/mol. The van der Waals surface area contributed by atoms with Gasteiger partial charge in [-0.1, -0.05) is 6.07 Å². The van der Waals surface area contributed by atoms with E-state index in [0.717, 1.165) is 32.2 Å². The molecule has 0 spiro atoms. The summed E-state index contributed by atoms with van der Waals surface area (Å²) in [6, 6.07) is 9.87. The molecule has 0 unspecified atom stereocenters. The van der Waals surface area contributed by atoms with Crippen molar-refractivity contribution in [3.8, 4) is 10.6 Å². The van der Waals surface area contributed by atoms with E-state index in [1.165, 1.54) is 12.4 Å². The highest BCUT2D eigenvalue weighted by molar-refractivity contribution is 7.21. The number of thiazole rings is 1. The predicted molar refractivity (Wildman–Crippen MR) is 110 cm³/mol. The number of nitrogens with two attached hydrogens (primary N) is 1. The van der Waals surface area contributed by atoms with Crippen LogP contribution in [0, 0.1) is 5.41 Å². The van der Waals surface area contributed by atoms with E-state index in [4.69, 9.17) is 16.1 Å². The molecule has 0 bridgehead atoms. The summed E-state index contributed by atoms with van der Waals surface area (Å²) in [5, 5.41) is 8.34. The van der Waals surface area contributed by atoms with Crippen molar-refractivity contribution in [2.75, 3.05) is 18.0 Å². The maximum Gasteiger partial charge on any atom is 0.128 e. The second kappa shape index (κ2) is 7.44. The molecule has 7 heteroatoms. The highest BCUT2D eigenvalue weighted by atomic mass is 32.1. The number of alkyl halides is 1. The van der Waals surface area contributed by atoms with Crippen molar-refractivity contribution < 1.29 is 4.39 Å². The van der Waals surface area contributed by atoms with Crippen molar-refractivity contribution in [3.63, 3.8) is 0 Å². The van der Waals surface area contributed by atoms with E-state index in [2.05, 4.69) is 9.88 Å². The zero-order valence-electron chi connectivity index (χ0n) is 14.7. The molecule has 0 aliphatic carbocycles. The smallest absolute Gasteiger partial charge is 0.128 e. The molecular formula is C20H20FN5S. The number of hydrogen-bond acceptors (Lipinski definition) is 6. The minimum atomic E-state index is -0.685. The standard InChI is InChI=1S/C20H20FN5S/c21-16-5-7-26(8-6-16)19-4-2-14(12-24-19)20-25-17-3-1-13(9-18(17)27-20)15(10-22)11-23/h1-4,9-12,16,22H,5-8,23H2. The Morgan fingerprint density at radius 2 is 2.07 bits per heavy atom. The maximum atomic E-state index is 13.3. The number of nitrogens with zero attached hydrogens (tertiary/aromatic N) is 3. The van der Waals surface area contributed by atoms with Gasteiger partial charge in [0.05, 0.1) is 10.2 Å². The Balaban J connectivity index is 1.59. The van der Waals surface area contributed by atoms with Gasteiger partial charge >= 0.3 is 0 Å². The first-order chi connectivity index (χ1) is 13.2. The van der Waals surface area contributed by atoms with E-state index in [1.807, 2.05) is 36.5 Å². The van der Waals surface area contributed by atoms with Gasteiger partial charge in [-0.15, -0.1) is 11.3 Å². The number of piperidine rings is 1. The lowest BCUT2D eigenvalue weighted by Gasteiger charge is -2.29. The molecule has 0 atom stereocenters. The van der Waals surface area contributed by atoms with Crippen LogP contribution in [0.4, 0.5) is 10.2 Å². The van der Waals surface area contributed by atoms with Gasteiger partial charge in [-0.3, -0.25) is 0 Å². The topological polar surface area (TPSA) is 78.9 Å². The molecule has 1 saturated heterocycles. The zero-order chi connectivity index (χ0) is 18.8. The Morgan fingerprint density at radius 1 is 1.26 bits per heavy atom. The van der Waals surface area contributed by atoms with Gasteiger partial charge in [-0.25, -0.2) is 14.4 Å². The minimum absolute atomic E-state index is 0.568. The predicted octanol–water partition coefficient (Wildman–Crippen LogP) is 4.25. The first-order valence-corrected chi connectivity index (χ1v) is 9.68. The molecule has 1 aromatic carbocycles. The van der Waals surface area contributed by atoms with Crippen molar-refractivity contribution in [2.24, 2.45) is 5.73 Å². The van der Waals surface area contributed by atoms with E-state index in [1.54, 1.807) is 11.3 Å².